The van der Waals surface area contributed by atoms with E-state index in [1.165, 1.54) is 25.1 Å². The van der Waals surface area contributed by atoms with Crippen molar-refractivity contribution in [1.82, 2.24) is 4.90 Å². The van der Waals surface area contributed by atoms with Gasteiger partial charge in [0.05, 0.1) is 23.6 Å². The normalized spacial score (nSPS) is 30.4. The average Bonchev–Trinajstić information content (AvgIpc) is 2.75. The second-order valence-corrected chi connectivity index (χ2v) is 9.67. The molecular weight excluding hydrogens is 508 g/mol. The van der Waals surface area contributed by atoms with Crippen molar-refractivity contribution in [3.05, 3.63) is 52.0 Å². The molecule has 0 aliphatic heterocycles. The topological polar surface area (TPSA) is 265 Å². The van der Waals surface area contributed by atoms with Gasteiger partial charge in [0.15, 0.2) is 16.5 Å². The molecule has 6 atom stereocenters. The Morgan fingerprint density at radius 3 is 2.14 bits per heavy atom. The van der Waals surface area contributed by atoms with Gasteiger partial charge in [-0.3, -0.25) is 19.3 Å². The number of thiocarbonyl (C=S) groups is 1. The highest BCUT2D eigenvalue weighted by molar-refractivity contribution is 7.80. The summed E-state index contributed by atoms with van der Waals surface area (Å²) in [5, 5.41) is 55.0. The Morgan fingerprint density at radius 1 is 1.11 bits per heavy atom. The Labute approximate surface area is 216 Å². The van der Waals surface area contributed by atoms with Crippen LogP contribution in [0.25, 0.3) is 0 Å². The van der Waals surface area contributed by atoms with E-state index in [-0.39, 0.29) is 21.9 Å². The van der Waals surface area contributed by atoms with Crippen molar-refractivity contribution in [2.75, 3.05) is 14.1 Å². The highest BCUT2D eigenvalue weighted by Crippen LogP contribution is 2.55. The summed E-state index contributed by atoms with van der Waals surface area (Å²) in [6, 6.07) is 3.17. The van der Waals surface area contributed by atoms with Crippen LogP contribution in [0.1, 0.15) is 28.8 Å². The van der Waals surface area contributed by atoms with Gasteiger partial charge in [-0.25, -0.2) is 0 Å². The first-order valence-electron chi connectivity index (χ1n) is 10.8. The van der Waals surface area contributed by atoms with Crippen molar-refractivity contribution in [3.8, 4) is 5.75 Å². The lowest BCUT2D eigenvalue weighted by atomic mass is 9.55. The first kappa shape index (κ1) is 29.7. The molecule has 0 heterocycles. The molecule has 13 N–H and O–H groups in total. The second-order valence-electron chi connectivity index (χ2n) is 9.19. The summed E-state index contributed by atoms with van der Waals surface area (Å²) in [7, 11) is 2.98. The van der Waals surface area contributed by atoms with Gasteiger partial charge < -0.3 is 48.2 Å². The van der Waals surface area contributed by atoms with E-state index in [4.69, 9.17) is 5.73 Å². The van der Waals surface area contributed by atoms with Crippen LogP contribution >= 0.6 is 12.2 Å². The number of primary amides is 1. The predicted octanol–water partition coefficient (Wildman–Crippen LogP) is -1.98. The smallest absolute Gasteiger partial charge is 0.255 e. The Hall–Kier alpha value is -3.56. The van der Waals surface area contributed by atoms with Gasteiger partial charge in [-0.15, -0.1) is 0 Å². The molecule has 0 spiro atoms. The van der Waals surface area contributed by atoms with E-state index in [0.29, 0.717) is 5.56 Å². The second kappa shape index (κ2) is 10.1. The van der Waals surface area contributed by atoms with Crippen molar-refractivity contribution in [3.63, 3.8) is 0 Å². The van der Waals surface area contributed by atoms with Crippen LogP contribution in [-0.4, -0.2) is 90.3 Å². The molecule has 37 heavy (non-hydrogen) atoms. The number of benzene rings is 1. The van der Waals surface area contributed by atoms with Gasteiger partial charge in [0, 0.05) is 11.5 Å². The molecule has 0 saturated carbocycles. The summed E-state index contributed by atoms with van der Waals surface area (Å²) in [6.07, 6.45) is -1.59. The van der Waals surface area contributed by atoms with Crippen molar-refractivity contribution in [1.29, 1.82) is 0 Å². The lowest BCUT2D eigenvalue weighted by Crippen LogP contribution is -2.68. The van der Waals surface area contributed by atoms with Gasteiger partial charge in [-0.1, -0.05) is 19.1 Å². The fraction of sp³-hybridized carbons (Fsp3) is 0.391. The van der Waals surface area contributed by atoms with Crippen molar-refractivity contribution in [2.24, 2.45) is 29.0 Å². The molecule has 1 aromatic carbocycles. The minimum absolute atomic E-state index is 0. The van der Waals surface area contributed by atoms with E-state index in [2.05, 4.69) is 23.7 Å². The van der Waals surface area contributed by atoms with Gasteiger partial charge >= 0.3 is 0 Å². The maximum Gasteiger partial charge on any atom is 0.255 e. The van der Waals surface area contributed by atoms with Gasteiger partial charge in [-0.2, -0.15) is 0 Å². The number of phenols is 1. The van der Waals surface area contributed by atoms with Crippen LogP contribution in [0.4, 0.5) is 0 Å². The molecular formula is C23H30N4O9S. The van der Waals surface area contributed by atoms with Crippen LogP contribution in [0.5, 0.6) is 5.75 Å². The van der Waals surface area contributed by atoms with E-state index >= 15 is 0 Å². The number of phenolic OH excluding ortho intramolecular Hbond substituents is 1. The predicted molar refractivity (Wildman–Crippen MR) is 134 cm³/mol. The Morgan fingerprint density at radius 2 is 1.65 bits per heavy atom. The molecule has 13 nitrogen and oxygen atoms in total. The molecule has 0 bridgehead atoms. The summed E-state index contributed by atoms with van der Waals surface area (Å²) in [5.74, 6) is -8.86. The van der Waals surface area contributed by atoms with E-state index < -0.39 is 75.6 Å². The van der Waals surface area contributed by atoms with Crippen molar-refractivity contribution < 1.29 is 45.4 Å². The number of likely N-dealkylation sites (N-methyl/N-ethyl adjacent to an activating group) is 1. The monoisotopic (exact) mass is 538 g/mol. The van der Waals surface area contributed by atoms with Crippen molar-refractivity contribution >= 4 is 34.8 Å². The summed E-state index contributed by atoms with van der Waals surface area (Å²) >= 11 is 4.09. The maximum absolute atomic E-state index is 13.3. The molecule has 0 fully saturated rings. The minimum Gasteiger partial charge on any atom is -0.510 e. The number of fused-ring (bicyclic) bond motifs is 3. The van der Waals surface area contributed by atoms with Crippen LogP contribution in [0.2, 0.25) is 0 Å². The van der Waals surface area contributed by atoms with Crippen LogP contribution in [0, 0.1) is 11.8 Å². The van der Waals surface area contributed by atoms with Gasteiger partial charge in [0.25, 0.3) is 5.91 Å². The molecule has 1 aromatic rings. The molecule has 3 aliphatic rings. The number of nitrogens with zero attached hydrogens (tertiary/aromatic N) is 1. The van der Waals surface area contributed by atoms with E-state index in [0.717, 1.165) is 0 Å². The number of rotatable bonds is 2. The highest BCUT2D eigenvalue weighted by Gasteiger charge is 2.67. The number of carbonyl (C=O) groups excluding carboxylic acids is 3. The lowest BCUT2D eigenvalue weighted by Gasteiger charge is -2.53. The Kier molecular flexibility index (Phi) is 8.07. The number of ketones is 2. The molecule has 202 valence electrons. The zero-order valence-corrected chi connectivity index (χ0v) is 21.0. The molecule has 3 aliphatic carbocycles. The van der Waals surface area contributed by atoms with Crippen LogP contribution < -0.4 is 17.2 Å². The molecule has 14 heteroatoms. The third-order valence-electron chi connectivity index (χ3n) is 7.00. The van der Waals surface area contributed by atoms with E-state index in [9.17, 15) is 39.9 Å². The number of nitrogens with two attached hydrogens (primary N) is 3. The number of hydrogen-bond acceptors (Lipinski definition) is 10. The SMILES string of the molecule is C[C@H]1c2cccc(O)c2C(=O)C2=C(O)[C@]3(O)C(=O)C(C(N)=O)=C(O)[C@@H](N(C)C)[C@@H]3[C@@H](O)[C@@H]21.NC(N)=S.O. The summed E-state index contributed by atoms with van der Waals surface area (Å²) in [6.45, 7) is 1.68. The van der Waals surface area contributed by atoms with Gasteiger partial charge in [0.1, 0.15) is 22.8 Å². The number of amides is 1. The number of aliphatic hydroxyl groups excluding tert-OH is 3. The number of aliphatic hydroxyl groups is 4. The average molecular weight is 539 g/mol. The van der Waals surface area contributed by atoms with Gasteiger partial charge in [-0.05, 0) is 43.9 Å². The van der Waals surface area contributed by atoms with Crippen LogP contribution in [-0.2, 0) is 9.59 Å². The Bertz CT molecular complexity index is 1240. The van der Waals surface area contributed by atoms with Crippen LogP contribution in [0.15, 0.2) is 40.9 Å². The summed E-state index contributed by atoms with van der Waals surface area (Å²) < 4.78 is 0. The molecule has 0 aromatic heterocycles. The number of carbonyl (C=O) groups is 3. The minimum atomic E-state index is -2.89. The van der Waals surface area contributed by atoms with E-state index in [1.54, 1.807) is 19.1 Å². The molecule has 0 saturated heterocycles. The number of Topliss-reactive ketones (excluding diaryl/α,β-unsaturated/α-hetero) is 2. The third-order valence-corrected chi connectivity index (χ3v) is 7.00. The lowest BCUT2D eigenvalue weighted by molar-refractivity contribution is -0.162. The largest absolute Gasteiger partial charge is 0.510 e. The Balaban J connectivity index is 0.000000898. The zero-order valence-electron chi connectivity index (χ0n) is 20.2. The highest BCUT2D eigenvalue weighted by atomic mass is 32.1. The third kappa shape index (κ3) is 4.22. The van der Waals surface area contributed by atoms with Crippen molar-refractivity contribution in [2.45, 2.75) is 30.6 Å². The number of hydrogen-bond donors (Lipinski definition) is 8. The quantitative estimate of drug-likeness (QED) is 0.150. The molecule has 4 rings (SSSR count). The maximum atomic E-state index is 13.3. The summed E-state index contributed by atoms with van der Waals surface area (Å²) in [4.78, 5) is 39.8. The zero-order chi connectivity index (χ0) is 27.4. The van der Waals surface area contributed by atoms with Gasteiger partial charge in [0.2, 0.25) is 5.78 Å². The van der Waals surface area contributed by atoms with Crippen LogP contribution in [0.3, 0.4) is 0 Å². The molecule has 0 radical (unpaired) electrons. The standard InChI is InChI=1S/C22H24N2O8.CH4N2S.H2O/c1-7-8-5-4-6-9(25)11(8)16(26)12-10(7)17(27)14-15(24(2)3)18(28)13(21(23)31)20(30)22(14,32)19(12)29;2-1(3)4;/h4-7,10,14-15,17,25,27-29,32H,1-3H3,(H2,23,31);(H4,2,3,4);1H2/t7-,10+,14+,15-,17-,22-;;/m0../s1. The van der Waals surface area contributed by atoms with E-state index in [1.807, 2.05) is 0 Å². The fourth-order valence-corrected chi connectivity index (χ4v) is 5.58. The molecule has 0 unspecified atom stereocenters. The fourth-order valence-electron chi connectivity index (χ4n) is 5.58. The molecule has 1 amide bonds. The summed E-state index contributed by atoms with van der Waals surface area (Å²) in [5.41, 5.74) is 10.6. The number of aromatic hydroxyl groups is 1. The first-order chi connectivity index (χ1) is 16.6. The first-order valence-corrected chi connectivity index (χ1v) is 11.2.